The lowest BCUT2D eigenvalue weighted by atomic mass is 10.2. The Labute approximate surface area is 198 Å². The highest BCUT2D eigenvalue weighted by molar-refractivity contribution is 6.30. The Kier molecular flexibility index (Phi) is 5.81. The molecule has 0 unspecified atom stereocenters. The van der Waals surface area contributed by atoms with E-state index in [4.69, 9.17) is 21.1 Å². The van der Waals surface area contributed by atoms with Crippen LogP contribution >= 0.6 is 11.6 Å². The van der Waals surface area contributed by atoms with E-state index in [0.29, 0.717) is 33.0 Å². The third-order valence-electron chi connectivity index (χ3n) is 5.59. The number of nitrogens with zero attached hydrogens (tertiary/aromatic N) is 2. The highest BCUT2D eigenvalue weighted by atomic mass is 35.5. The summed E-state index contributed by atoms with van der Waals surface area (Å²) in [6.07, 6.45) is 0. The van der Waals surface area contributed by atoms with E-state index in [-0.39, 0.29) is 32.3 Å². The minimum atomic E-state index is -0.568. The summed E-state index contributed by atoms with van der Waals surface area (Å²) in [5.74, 6) is 0.926. The zero-order chi connectivity index (χ0) is 23.7. The first-order chi connectivity index (χ1) is 16.5. The van der Waals surface area contributed by atoms with Gasteiger partial charge in [-0.05, 0) is 47.5 Å². The highest BCUT2D eigenvalue weighted by Gasteiger charge is 2.17. The molecule has 0 bridgehead atoms. The Morgan fingerprint density at radius 3 is 2.59 bits per heavy atom. The number of carbonyl (C=O) groups excluding carboxylic acids is 1. The average molecular weight is 478 g/mol. The van der Waals surface area contributed by atoms with Crippen LogP contribution in [-0.4, -0.2) is 21.8 Å². The van der Waals surface area contributed by atoms with Gasteiger partial charge in [-0.25, -0.2) is 4.79 Å². The molecular weight excluding hydrogens is 458 g/mol. The summed E-state index contributed by atoms with van der Waals surface area (Å²) in [5, 5.41) is 3.69. The van der Waals surface area contributed by atoms with E-state index in [1.165, 1.54) is 4.57 Å². The lowest BCUT2D eigenvalue weighted by Crippen LogP contribution is -2.42. The molecular formula is C25H20ClN3O5. The van der Waals surface area contributed by atoms with Gasteiger partial charge in [0.2, 0.25) is 12.7 Å². The molecule has 4 aromatic rings. The van der Waals surface area contributed by atoms with Crippen LogP contribution in [-0.2, 0) is 24.4 Å². The number of halogens is 1. The molecule has 3 aromatic carbocycles. The number of hydrogen-bond acceptors (Lipinski definition) is 5. The third kappa shape index (κ3) is 4.27. The standard InChI is InChI=1S/C25H20ClN3O5/c26-18-5-3-4-17(10-18)13-29-24(31)19-6-1-2-7-20(19)28(25(29)32)14-23(30)27-12-16-8-9-21-22(11-16)34-15-33-21/h1-11H,12-15H2,(H,27,30). The molecule has 1 amide bonds. The lowest BCUT2D eigenvalue weighted by molar-refractivity contribution is -0.121. The Morgan fingerprint density at radius 2 is 1.74 bits per heavy atom. The van der Waals surface area contributed by atoms with Crippen molar-refractivity contribution in [2.24, 2.45) is 0 Å². The van der Waals surface area contributed by atoms with Crippen molar-refractivity contribution in [2.45, 2.75) is 19.6 Å². The van der Waals surface area contributed by atoms with E-state index < -0.39 is 11.2 Å². The van der Waals surface area contributed by atoms with E-state index in [1.54, 1.807) is 60.7 Å². The molecule has 1 aliphatic heterocycles. The van der Waals surface area contributed by atoms with Crippen molar-refractivity contribution in [3.05, 3.63) is 104 Å². The summed E-state index contributed by atoms with van der Waals surface area (Å²) < 4.78 is 13.1. The summed E-state index contributed by atoms with van der Waals surface area (Å²) in [4.78, 5) is 39.2. The molecule has 0 saturated carbocycles. The van der Waals surface area contributed by atoms with Gasteiger partial charge in [0.05, 0.1) is 17.4 Å². The predicted octanol–water partition coefficient (Wildman–Crippen LogP) is 2.91. The minimum Gasteiger partial charge on any atom is -0.454 e. The summed E-state index contributed by atoms with van der Waals surface area (Å²) in [5.41, 5.74) is 0.957. The maximum absolute atomic E-state index is 13.3. The normalized spacial score (nSPS) is 12.1. The Morgan fingerprint density at radius 1 is 0.912 bits per heavy atom. The molecule has 0 saturated heterocycles. The van der Waals surface area contributed by atoms with Crippen LogP contribution in [0.5, 0.6) is 11.5 Å². The second kappa shape index (κ2) is 9.07. The monoisotopic (exact) mass is 477 g/mol. The number of ether oxygens (including phenoxy) is 2. The summed E-state index contributed by atoms with van der Waals surface area (Å²) in [6, 6.07) is 19.1. The second-order valence-corrected chi connectivity index (χ2v) is 8.31. The number of para-hydroxylation sites is 1. The van der Waals surface area contributed by atoms with Crippen molar-refractivity contribution in [3.63, 3.8) is 0 Å². The van der Waals surface area contributed by atoms with Gasteiger partial charge in [0.15, 0.2) is 11.5 Å². The average Bonchev–Trinajstić information content (AvgIpc) is 3.31. The molecule has 5 rings (SSSR count). The minimum absolute atomic E-state index is 0.0435. The van der Waals surface area contributed by atoms with Gasteiger partial charge in [0.25, 0.3) is 5.56 Å². The van der Waals surface area contributed by atoms with Gasteiger partial charge in [0.1, 0.15) is 6.54 Å². The van der Waals surface area contributed by atoms with Crippen molar-refractivity contribution >= 4 is 28.4 Å². The zero-order valence-corrected chi connectivity index (χ0v) is 18.7. The smallest absolute Gasteiger partial charge is 0.332 e. The maximum atomic E-state index is 13.3. The van der Waals surface area contributed by atoms with Crippen molar-refractivity contribution in [1.82, 2.24) is 14.5 Å². The van der Waals surface area contributed by atoms with Crippen molar-refractivity contribution in [2.75, 3.05) is 6.79 Å². The second-order valence-electron chi connectivity index (χ2n) is 7.87. The van der Waals surface area contributed by atoms with Crippen LogP contribution in [0.1, 0.15) is 11.1 Å². The first-order valence-corrected chi connectivity index (χ1v) is 11.0. The van der Waals surface area contributed by atoms with Crippen LogP contribution in [0.3, 0.4) is 0 Å². The largest absolute Gasteiger partial charge is 0.454 e. The topological polar surface area (TPSA) is 91.6 Å². The fourth-order valence-corrected chi connectivity index (χ4v) is 4.14. The number of rotatable bonds is 6. The molecule has 0 aliphatic carbocycles. The summed E-state index contributed by atoms with van der Waals surface area (Å²) in [7, 11) is 0. The van der Waals surface area contributed by atoms with Crippen LogP contribution in [0.25, 0.3) is 10.9 Å². The van der Waals surface area contributed by atoms with Crippen molar-refractivity contribution in [3.8, 4) is 11.5 Å². The fraction of sp³-hybridized carbons (Fsp3) is 0.160. The maximum Gasteiger partial charge on any atom is 0.332 e. The molecule has 9 heteroatoms. The van der Waals surface area contributed by atoms with Gasteiger partial charge in [-0.3, -0.25) is 18.7 Å². The molecule has 172 valence electrons. The molecule has 1 N–H and O–H groups in total. The number of fused-ring (bicyclic) bond motifs is 2. The summed E-state index contributed by atoms with van der Waals surface area (Å²) in [6.45, 7) is 0.234. The van der Waals surface area contributed by atoms with Gasteiger partial charge in [-0.15, -0.1) is 0 Å². The Hall–Kier alpha value is -4.04. The Bertz CT molecular complexity index is 1530. The van der Waals surface area contributed by atoms with E-state index in [0.717, 1.165) is 10.1 Å². The number of nitrogens with one attached hydrogen (secondary N) is 1. The fourth-order valence-electron chi connectivity index (χ4n) is 3.93. The third-order valence-corrected chi connectivity index (χ3v) is 5.83. The van der Waals surface area contributed by atoms with Gasteiger partial charge in [-0.2, -0.15) is 0 Å². The van der Waals surface area contributed by atoms with Crippen molar-refractivity contribution in [1.29, 1.82) is 0 Å². The van der Waals surface area contributed by atoms with E-state index >= 15 is 0 Å². The quantitative estimate of drug-likeness (QED) is 0.461. The van der Waals surface area contributed by atoms with E-state index in [2.05, 4.69) is 5.32 Å². The molecule has 2 heterocycles. The lowest BCUT2D eigenvalue weighted by Gasteiger charge is -2.14. The Balaban J connectivity index is 1.43. The van der Waals surface area contributed by atoms with E-state index in [1.807, 2.05) is 6.07 Å². The molecule has 1 aliphatic rings. The number of aromatic nitrogens is 2. The van der Waals surface area contributed by atoms with Crippen LogP contribution in [0.15, 0.2) is 76.3 Å². The summed E-state index contributed by atoms with van der Waals surface area (Å²) >= 11 is 6.06. The molecule has 0 spiro atoms. The molecule has 0 fully saturated rings. The predicted molar refractivity (Wildman–Crippen MR) is 127 cm³/mol. The molecule has 0 atom stereocenters. The first kappa shape index (κ1) is 21.8. The van der Waals surface area contributed by atoms with Crippen LogP contribution < -0.4 is 26.0 Å². The first-order valence-electron chi connectivity index (χ1n) is 10.6. The molecule has 1 aromatic heterocycles. The van der Waals surface area contributed by atoms with Gasteiger partial charge in [-0.1, -0.05) is 41.9 Å². The van der Waals surface area contributed by atoms with E-state index in [9.17, 15) is 14.4 Å². The SMILES string of the molecule is O=C(Cn1c(=O)n(Cc2cccc(Cl)c2)c(=O)c2ccccc21)NCc1ccc2c(c1)OCO2. The number of benzene rings is 3. The number of carbonyl (C=O) groups is 1. The highest BCUT2D eigenvalue weighted by Crippen LogP contribution is 2.32. The van der Waals surface area contributed by atoms with Crippen LogP contribution in [0, 0.1) is 0 Å². The van der Waals surface area contributed by atoms with Crippen LogP contribution in [0.2, 0.25) is 5.02 Å². The van der Waals surface area contributed by atoms with Crippen molar-refractivity contribution < 1.29 is 14.3 Å². The van der Waals surface area contributed by atoms with Gasteiger partial charge < -0.3 is 14.8 Å². The molecule has 34 heavy (non-hydrogen) atoms. The molecule has 8 nitrogen and oxygen atoms in total. The zero-order valence-electron chi connectivity index (χ0n) is 18.0. The number of amides is 1. The van der Waals surface area contributed by atoms with Gasteiger partial charge in [0, 0.05) is 11.6 Å². The molecule has 0 radical (unpaired) electrons. The van der Waals surface area contributed by atoms with Gasteiger partial charge >= 0.3 is 5.69 Å². The van der Waals surface area contributed by atoms with Crippen LogP contribution in [0.4, 0.5) is 0 Å². The number of hydrogen-bond donors (Lipinski definition) is 1.